The lowest BCUT2D eigenvalue weighted by Crippen LogP contribution is -2.06. The molecule has 3 aromatic rings. The number of halogens is 5. The van der Waals surface area contributed by atoms with Gasteiger partial charge in [-0.3, -0.25) is 15.1 Å². The van der Waals surface area contributed by atoms with E-state index in [0.717, 1.165) is 11.6 Å². The molecule has 0 amide bonds. The lowest BCUT2D eigenvalue weighted by atomic mass is 10.1. The van der Waals surface area contributed by atoms with Crippen LogP contribution in [0, 0.1) is 17.0 Å². The second-order valence-electron chi connectivity index (χ2n) is 6.77. The van der Waals surface area contributed by atoms with Gasteiger partial charge in [0.25, 0.3) is 0 Å². The van der Waals surface area contributed by atoms with Gasteiger partial charge in [0, 0.05) is 17.3 Å². The van der Waals surface area contributed by atoms with Gasteiger partial charge in [-0.2, -0.15) is 13.2 Å². The second kappa shape index (κ2) is 9.80. The van der Waals surface area contributed by atoms with E-state index in [-0.39, 0.29) is 17.2 Å². The quantitative estimate of drug-likeness (QED) is 0.180. The van der Waals surface area contributed by atoms with Crippen molar-refractivity contribution in [2.45, 2.75) is 13.1 Å². The van der Waals surface area contributed by atoms with Crippen LogP contribution < -0.4 is 9.47 Å². The van der Waals surface area contributed by atoms with Gasteiger partial charge in [0.2, 0.25) is 5.75 Å². The van der Waals surface area contributed by atoms with Crippen LogP contribution in [0.1, 0.15) is 16.7 Å². The molecule has 0 aliphatic carbocycles. The standard InChI is InChI=1S/C22H15BrClF3N2O4/c1-12-3-5-15(10-17(12)24)28-11-13-7-16(23)21(20(8-13)32-2)33-19-6-4-14(22(25,26)27)9-18(19)29(30)31/h3-11H,1-2H3. The number of methoxy groups -OCH3 is 1. The van der Waals surface area contributed by atoms with E-state index in [9.17, 15) is 23.3 Å². The van der Waals surface area contributed by atoms with Crippen LogP contribution in [0.3, 0.4) is 0 Å². The molecule has 3 rings (SSSR count). The first-order valence-corrected chi connectivity index (χ1v) is 10.4. The van der Waals surface area contributed by atoms with E-state index in [2.05, 4.69) is 20.9 Å². The molecule has 6 nitrogen and oxygen atoms in total. The van der Waals surface area contributed by atoms with Gasteiger partial charge in [-0.25, -0.2) is 0 Å². The van der Waals surface area contributed by atoms with E-state index in [1.54, 1.807) is 30.5 Å². The minimum atomic E-state index is -4.73. The molecule has 0 unspecified atom stereocenters. The molecule has 0 aliphatic rings. The minimum absolute atomic E-state index is 0.0517. The Kier molecular flexibility index (Phi) is 7.28. The Labute approximate surface area is 199 Å². The fraction of sp³-hybridized carbons (Fsp3) is 0.136. The molecule has 0 saturated heterocycles. The lowest BCUT2D eigenvalue weighted by molar-refractivity contribution is -0.385. The molecule has 3 aromatic carbocycles. The molecule has 0 atom stereocenters. The number of aliphatic imine (C=N–C) groups is 1. The normalized spacial score (nSPS) is 11.6. The molecular formula is C22H15BrClF3N2O4. The molecule has 0 saturated carbocycles. The third-order valence-electron chi connectivity index (χ3n) is 4.46. The van der Waals surface area contributed by atoms with Crippen LogP contribution in [0.25, 0.3) is 0 Å². The monoisotopic (exact) mass is 542 g/mol. The topological polar surface area (TPSA) is 74.0 Å². The Morgan fingerprint density at radius 3 is 2.45 bits per heavy atom. The highest BCUT2D eigenvalue weighted by atomic mass is 79.9. The van der Waals surface area contributed by atoms with Crippen molar-refractivity contribution in [3.8, 4) is 17.2 Å². The number of rotatable bonds is 6. The molecule has 0 N–H and O–H groups in total. The number of nitrogens with zero attached hydrogens (tertiary/aromatic N) is 2. The smallest absolute Gasteiger partial charge is 0.416 e. The highest BCUT2D eigenvalue weighted by molar-refractivity contribution is 9.10. The van der Waals surface area contributed by atoms with Gasteiger partial charge in [-0.15, -0.1) is 0 Å². The van der Waals surface area contributed by atoms with Crippen LogP contribution in [0.15, 0.2) is 58.0 Å². The fourth-order valence-electron chi connectivity index (χ4n) is 2.76. The van der Waals surface area contributed by atoms with Gasteiger partial charge in [-0.1, -0.05) is 17.7 Å². The summed E-state index contributed by atoms with van der Waals surface area (Å²) in [5, 5.41) is 11.9. The molecule has 11 heteroatoms. The van der Waals surface area contributed by atoms with E-state index >= 15 is 0 Å². The van der Waals surface area contributed by atoms with Crippen LogP contribution in [-0.2, 0) is 6.18 Å². The summed E-state index contributed by atoms with van der Waals surface area (Å²) in [6.45, 7) is 1.87. The fourth-order valence-corrected chi connectivity index (χ4v) is 3.47. The number of aryl methyl sites for hydroxylation is 1. The summed E-state index contributed by atoms with van der Waals surface area (Å²) in [5.74, 6) is -0.138. The summed E-state index contributed by atoms with van der Waals surface area (Å²) in [5.41, 5.74) is 0.154. The summed E-state index contributed by atoms with van der Waals surface area (Å²) in [6.07, 6.45) is -3.18. The first kappa shape index (κ1) is 24.5. The van der Waals surface area contributed by atoms with Gasteiger partial charge in [0.1, 0.15) is 0 Å². The van der Waals surface area contributed by atoms with E-state index in [0.29, 0.717) is 32.9 Å². The number of hydrogen-bond acceptors (Lipinski definition) is 5. The summed E-state index contributed by atoms with van der Waals surface area (Å²) in [7, 11) is 1.36. The zero-order chi connectivity index (χ0) is 24.3. The van der Waals surface area contributed by atoms with Crippen LogP contribution in [-0.4, -0.2) is 18.2 Å². The highest BCUT2D eigenvalue weighted by Crippen LogP contribution is 2.43. The van der Waals surface area contributed by atoms with Gasteiger partial charge in [-0.05, 0) is 70.4 Å². The average Bonchev–Trinajstić information content (AvgIpc) is 2.75. The predicted molar refractivity (Wildman–Crippen MR) is 122 cm³/mol. The number of nitro groups is 1. The van der Waals surface area contributed by atoms with E-state index < -0.39 is 22.4 Å². The van der Waals surface area contributed by atoms with Crippen LogP contribution in [0.4, 0.5) is 24.5 Å². The second-order valence-corrected chi connectivity index (χ2v) is 8.03. The number of benzene rings is 3. The number of alkyl halides is 3. The average molecular weight is 544 g/mol. The predicted octanol–water partition coefficient (Wildman–Crippen LogP) is 7.89. The van der Waals surface area contributed by atoms with Crippen molar-refractivity contribution in [2.75, 3.05) is 7.11 Å². The van der Waals surface area contributed by atoms with Crippen molar-refractivity contribution in [3.05, 3.63) is 84.8 Å². The number of hydrogen-bond donors (Lipinski definition) is 0. The molecule has 0 heterocycles. The maximum Gasteiger partial charge on any atom is 0.416 e. The van der Waals surface area contributed by atoms with Gasteiger partial charge < -0.3 is 9.47 Å². The highest BCUT2D eigenvalue weighted by Gasteiger charge is 2.33. The summed E-state index contributed by atoms with van der Waals surface area (Å²) >= 11 is 9.42. The molecule has 0 bridgehead atoms. The number of ether oxygens (including phenoxy) is 2. The Hall–Kier alpha value is -3.11. The molecule has 172 valence electrons. The van der Waals surface area contributed by atoms with Crippen molar-refractivity contribution in [3.63, 3.8) is 0 Å². The van der Waals surface area contributed by atoms with Crippen LogP contribution >= 0.6 is 27.5 Å². The molecule has 0 spiro atoms. The van der Waals surface area contributed by atoms with Crippen molar-refractivity contribution < 1.29 is 27.6 Å². The molecule has 0 radical (unpaired) electrons. The van der Waals surface area contributed by atoms with Crippen molar-refractivity contribution >= 4 is 45.1 Å². The van der Waals surface area contributed by atoms with Crippen LogP contribution in [0.5, 0.6) is 17.2 Å². The van der Waals surface area contributed by atoms with Crippen molar-refractivity contribution in [2.24, 2.45) is 4.99 Å². The van der Waals surface area contributed by atoms with Crippen molar-refractivity contribution in [1.29, 1.82) is 0 Å². The third-order valence-corrected chi connectivity index (χ3v) is 5.46. The molecule has 0 aromatic heterocycles. The Morgan fingerprint density at radius 2 is 1.85 bits per heavy atom. The largest absolute Gasteiger partial charge is 0.493 e. The number of nitro benzene ring substituents is 1. The van der Waals surface area contributed by atoms with Gasteiger partial charge in [0.15, 0.2) is 11.5 Å². The Morgan fingerprint density at radius 1 is 1.12 bits per heavy atom. The molecule has 33 heavy (non-hydrogen) atoms. The first-order chi connectivity index (χ1) is 15.5. The maximum atomic E-state index is 12.9. The SMILES string of the molecule is COc1cc(C=Nc2ccc(C)c(Cl)c2)cc(Br)c1Oc1ccc(C(F)(F)F)cc1[N+](=O)[O-]. The first-order valence-electron chi connectivity index (χ1n) is 9.21. The lowest BCUT2D eigenvalue weighted by Gasteiger charge is -2.14. The van der Waals surface area contributed by atoms with E-state index in [1.807, 2.05) is 13.0 Å². The summed E-state index contributed by atoms with van der Waals surface area (Å²) in [6, 6.07) is 10.5. The van der Waals surface area contributed by atoms with E-state index in [1.165, 1.54) is 7.11 Å². The summed E-state index contributed by atoms with van der Waals surface area (Å²) in [4.78, 5) is 14.7. The third kappa shape index (κ3) is 5.82. The summed E-state index contributed by atoms with van der Waals surface area (Å²) < 4.78 is 50.1. The van der Waals surface area contributed by atoms with E-state index in [4.69, 9.17) is 21.1 Å². The Bertz CT molecular complexity index is 1250. The molecule has 0 aliphatic heterocycles. The maximum absolute atomic E-state index is 12.9. The van der Waals surface area contributed by atoms with Crippen molar-refractivity contribution in [1.82, 2.24) is 0 Å². The minimum Gasteiger partial charge on any atom is -0.493 e. The zero-order valence-electron chi connectivity index (χ0n) is 17.1. The van der Waals surface area contributed by atoms with Gasteiger partial charge >= 0.3 is 11.9 Å². The Balaban J connectivity index is 1.96. The zero-order valence-corrected chi connectivity index (χ0v) is 19.5. The molecular weight excluding hydrogens is 529 g/mol. The van der Waals surface area contributed by atoms with Crippen LogP contribution in [0.2, 0.25) is 5.02 Å². The molecule has 0 fully saturated rings. The van der Waals surface area contributed by atoms with Gasteiger partial charge in [0.05, 0.1) is 27.8 Å².